The third kappa shape index (κ3) is 3.55. The second-order valence-electron chi connectivity index (χ2n) is 5.58. The second-order valence-corrected chi connectivity index (χ2v) is 5.58. The Hall–Kier alpha value is -1.87. The fourth-order valence-corrected chi connectivity index (χ4v) is 1.78. The highest BCUT2D eigenvalue weighted by Gasteiger charge is 2.13. The van der Waals surface area contributed by atoms with Crippen LogP contribution in [0.1, 0.15) is 31.9 Å². The van der Waals surface area contributed by atoms with Crippen LogP contribution >= 0.6 is 0 Å². The summed E-state index contributed by atoms with van der Waals surface area (Å²) in [5.41, 5.74) is 8.04. The monoisotopic (exact) mass is 256 g/mol. The average Bonchev–Trinajstić information content (AvgIpc) is 2.38. The summed E-state index contributed by atoms with van der Waals surface area (Å²) < 4.78 is 5.72. The molecule has 0 amide bonds. The van der Waals surface area contributed by atoms with Crippen LogP contribution in [-0.2, 0) is 12.0 Å². The highest BCUT2D eigenvalue weighted by atomic mass is 16.5. The second kappa shape index (κ2) is 5.41. The van der Waals surface area contributed by atoms with E-state index in [1.165, 1.54) is 5.56 Å². The molecule has 0 fully saturated rings. The lowest BCUT2D eigenvalue weighted by molar-refractivity contribution is 0.461. The van der Waals surface area contributed by atoms with Crippen LogP contribution in [0, 0.1) is 0 Å². The molecule has 2 N–H and O–H groups in total. The van der Waals surface area contributed by atoms with Crippen LogP contribution in [-0.4, -0.2) is 4.98 Å². The SMILES string of the molecule is CC(C)(C)c1ccc(Oc2cc(CN)ccn2)cc1. The number of nitrogens with two attached hydrogens (primary N) is 1. The van der Waals surface area contributed by atoms with Crippen molar-refractivity contribution in [3.05, 3.63) is 53.7 Å². The van der Waals surface area contributed by atoms with Crippen molar-refractivity contribution >= 4 is 0 Å². The van der Waals surface area contributed by atoms with E-state index >= 15 is 0 Å². The molecule has 0 aliphatic heterocycles. The Labute approximate surface area is 114 Å². The smallest absolute Gasteiger partial charge is 0.219 e. The average molecular weight is 256 g/mol. The molecule has 0 radical (unpaired) electrons. The Kier molecular flexibility index (Phi) is 3.86. The van der Waals surface area contributed by atoms with Crippen LogP contribution < -0.4 is 10.5 Å². The number of aromatic nitrogens is 1. The first-order valence-corrected chi connectivity index (χ1v) is 6.42. The van der Waals surface area contributed by atoms with E-state index in [-0.39, 0.29) is 5.41 Å². The Morgan fingerprint density at radius 1 is 1.11 bits per heavy atom. The van der Waals surface area contributed by atoms with Gasteiger partial charge < -0.3 is 10.5 Å². The summed E-state index contributed by atoms with van der Waals surface area (Å²) in [7, 11) is 0. The molecule has 1 heterocycles. The summed E-state index contributed by atoms with van der Waals surface area (Å²) in [6.07, 6.45) is 1.71. The summed E-state index contributed by atoms with van der Waals surface area (Å²) in [5.74, 6) is 1.36. The van der Waals surface area contributed by atoms with Crippen LogP contribution in [0.15, 0.2) is 42.6 Å². The van der Waals surface area contributed by atoms with Crippen molar-refractivity contribution in [1.29, 1.82) is 0 Å². The fraction of sp³-hybridized carbons (Fsp3) is 0.312. The van der Waals surface area contributed by atoms with Gasteiger partial charge in [0.1, 0.15) is 5.75 Å². The molecule has 2 rings (SSSR count). The Bertz CT molecular complexity index is 541. The molecule has 0 unspecified atom stereocenters. The Morgan fingerprint density at radius 2 is 1.79 bits per heavy atom. The van der Waals surface area contributed by atoms with Crippen LogP contribution in [0.2, 0.25) is 0 Å². The number of hydrogen-bond acceptors (Lipinski definition) is 3. The number of ether oxygens (including phenoxy) is 1. The molecule has 0 aliphatic carbocycles. The maximum atomic E-state index is 5.72. The van der Waals surface area contributed by atoms with Crippen molar-refractivity contribution < 1.29 is 4.74 Å². The van der Waals surface area contributed by atoms with Crippen molar-refractivity contribution in [3.63, 3.8) is 0 Å². The van der Waals surface area contributed by atoms with Gasteiger partial charge in [0.05, 0.1) is 0 Å². The van der Waals surface area contributed by atoms with E-state index in [0.717, 1.165) is 11.3 Å². The van der Waals surface area contributed by atoms with Crippen molar-refractivity contribution in [2.24, 2.45) is 5.73 Å². The van der Waals surface area contributed by atoms with E-state index in [4.69, 9.17) is 10.5 Å². The maximum absolute atomic E-state index is 5.72. The minimum atomic E-state index is 0.149. The Morgan fingerprint density at radius 3 is 2.37 bits per heavy atom. The van der Waals surface area contributed by atoms with Crippen molar-refractivity contribution in [3.8, 4) is 11.6 Å². The lowest BCUT2D eigenvalue weighted by Crippen LogP contribution is -2.10. The van der Waals surface area contributed by atoms with Gasteiger partial charge in [-0.15, -0.1) is 0 Å². The topological polar surface area (TPSA) is 48.1 Å². The summed E-state index contributed by atoms with van der Waals surface area (Å²) in [6, 6.07) is 11.9. The number of pyridine rings is 1. The van der Waals surface area contributed by atoms with Crippen LogP contribution in [0.3, 0.4) is 0 Å². The lowest BCUT2D eigenvalue weighted by Gasteiger charge is -2.19. The fourth-order valence-electron chi connectivity index (χ4n) is 1.78. The number of benzene rings is 1. The third-order valence-electron chi connectivity index (χ3n) is 2.98. The molecule has 0 aliphatic rings. The minimum absolute atomic E-state index is 0.149. The Balaban J connectivity index is 2.15. The number of hydrogen-bond donors (Lipinski definition) is 1. The number of rotatable bonds is 3. The van der Waals surface area contributed by atoms with Gasteiger partial charge in [-0.1, -0.05) is 32.9 Å². The van der Waals surface area contributed by atoms with E-state index < -0.39 is 0 Å². The molecule has 0 bridgehead atoms. The molecular formula is C16H20N2O. The summed E-state index contributed by atoms with van der Waals surface area (Å²) in [5, 5.41) is 0. The molecule has 0 spiro atoms. The zero-order valence-corrected chi connectivity index (χ0v) is 11.7. The largest absolute Gasteiger partial charge is 0.439 e. The standard InChI is InChI=1S/C16H20N2O/c1-16(2,3)13-4-6-14(7-5-13)19-15-10-12(11-17)8-9-18-15/h4-10H,11,17H2,1-3H3. The first kappa shape index (κ1) is 13.6. The quantitative estimate of drug-likeness (QED) is 0.912. The predicted molar refractivity (Wildman–Crippen MR) is 77.3 cm³/mol. The lowest BCUT2D eigenvalue weighted by atomic mass is 9.87. The van der Waals surface area contributed by atoms with E-state index in [1.54, 1.807) is 6.20 Å². The third-order valence-corrected chi connectivity index (χ3v) is 2.98. The van der Waals surface area contributed by atoms with Gasteiger partial charge in [0, 0.05) is 18.8 Å². The van der Waals surface area contributed by atoms with Gasteiger partial charge in [0.15, 0.2) is 0 Å². The van der Waals surface area contributed by atoms with Gasteiger partial charge in [-0.05, 0) is 34.7 Å². The molecule has 19 heavy (non-hydrogen) atoms. The first-order chi connectivity index (χ1) is 8.99. The summed E-state index contributed by atoms with van der Waals surface area (Å²) in [6.45, 7) is 7.06. The molecule has 0 atom stereocenters. The maximum Gasteiger partial charge on any atom is 0.219 e. The van der Waals surface area contributed by atoms with Gasteiger partial charge in [-0.25, -0.2) is 4.98 Å². The van der Waals surface area contributed by atoms with E-state index in [2.05, 4.69) is 37.9 Å². The van der Waals surface area contributed by atoms with E-state index in [0.29, 0.717) is 12.4 Å². The molecule has 2 aromatic rings. The van der Waals surface area contributed by atoms with Gasteiger partial charge in [-0.3, -0.25) is 0 Å². The zero-order chi connectivity index (χ0) is 13.9. The normalized spacial score (nSPS) is 11.4. The summed E-state index contributed by atoms with van der Waals surface area (Å²) in [4.78, 5) is 4.18. The molecule has 3 heteroatoms. The molecular weight excluding hydrogens is 236 g/mol. The highest BCUT2D eigenvalue weighted by Crippen LogP contribution is 2.26. The van der Waals surface area contributed by atoms with Crippen molar-refractivity contribution in [1.82, 2.24) is 4.98 Å². The van der Waals surface area contributed by atoms with Gasteiger partial charge in [0.2, 0.25) is 5.88 Å². The van der Waals surface area contributed by atoms with Crippen molar-refractivity contribution in [2.75, 3.05) is 0 Å². The first-order valence-electron chi connectivity index (χ1n) is 6.42. The van der Waals surface area contributed by atoms with Crippen LogP contribution in [0.5, 0.6) is 11.6 Å². The van der Waals surface area contributed by atoms with Crippen LogP contribution in [0.25, 0.3) is 0 Å². The highest BCUT2D eigenvalue weighted by molar-refractivity contribution is 5.34. The van der Waals surface area contributed by atoms with Crippen LogP contribution in [0.4, 0.5) is 0 Å². The molecule has 0 saturated carbocycles. The minimum Gasteiger partial charge on any atom is -0.439 e. The van der Waals surface area contributed by atoms with Gasteiger partial charge >= 0.3 is 0 Å². The summed E-state index contributed by atoms with van der Waals surface area (Å²) >= 11 is 0. The predicted octanol–water partition coefficient (Wildman–Crippen LogP) is 3.63. The molecule has 1 aromatic carbocycles. The van der Waals surface area contributed by atoms with Gasteiger partial charge in [0.25, 0.3) is 0 Å². The molecule has 1 aromatic heterocycles. The van der Waals surface area contributed by atoms with Gasteiger partial charge in [-0.2, -0.15) is 0 Å². The molecule has 100 valence electrons. The van der Waals surface area contributed by atoms with E-state index in [1.807, 2.05) is 24.3 Å². The number of nitrogens with zero attached hydrogens (tertiary/aromatic N) is 1. The molecule has 3 nitrogen and oxygen atoms in total. The van der Waals surface area contributed by atoms with Crippen molar-refractivity contribution in [2.45, 2.75) is 32.7 Å². The zero-order valence-electron chi connectivity index (χ0n) is 11.7. The molecule has 0 saturated heterocycles. The van der Waals surface area contributed by atoms with E-state index in [9.17, 15) is 0 Å².